The van der Waals surface area contributed by atoms with Crippen molar-refractivity contribution in [2.24, 2.45) is 11.3 Å². The Morgan fingerprint density at radius 2 is 1.82 bits per heavy atom. The minimum absolute atomic E-state index is 0.0310. The molecule has 4 heterocycles. The van der Waals surface area contributed by atoms with E-state index in [1.54, 1.807) is 7.11 Å². The number of aryl methyl sites for hydroxylation is 2. The maximum atomic E-state index is 10.1. The van der Waals surface area contributed by atoms with Gasteiger partial charge in [0.2, 0.25) is 11.8 Å². The van der Waals surface area contributed by atoms with Gasteiger partial charge in [-0.25, -0.2) is 9.97 Å². The van der Waals surface area contributed by atoms with Crippen LogP contribution < -0.4 is 15.4 Å². The lowest BCUT2D eigenvalue weighted by molar-refractivity contribution is -0.158. The highest BCUT2D eigenvalue weighted by atomic mass is 16.8. The van der Waals surface area contributed by atoms with Gasteiger partial charge in [0, 0.05) is 30.5 Å². The number of furan rings is 1. The van der Waals surface area contributed by atoms with Crippen molar-refractivity contribution in [3.05, 3.63) is 23.5 Å². The summed E-state index contributed by atoms with van der Waals surface area (Å²) in [6.45, 7) is 14.9. The summed E-state index contributed by atoms with van der Waals surface area (Å²) in [4.78, 5) is 14.1. The summed E-state index contributed by atoms with van der Waals surface area (Å²) in [5.74, 6) is 1.60. The van der Waals surface area contributed by atoms with Gasteiger partial charge in [0.05, 0.1) is 36.2 Å². The van der Waals surface area contributed by atoms with Crippen molar-refractivity contribution < 1.29 is 23.7 Å². The Hall–Kier alpha value is -2.95. The van der Waals surface area contributed by atoms with Crippen molar-refractivity contribution in [2.75, 3.05) is 30.9 Å². The molecule has 0 unspecified atom stereocenters. The number of rotatable bonds is 7. The Morgan fingerprint density at radius 3 is 2.50 bits per heavy atom. The van der Waals surface area contributed by atoms with E-state index in [0.29, 0.717) is 42.0 Å². The molecule has 3 N–H and O–H groups in total. The first-order chi connectivity index (χ1) is 17.9. The van der Waals surface area contributed by atoms with Crippen molar-refractivity contribution in [1.82, 2.24) is 15.0 Å². The molecule has 206 valence electrons. The summed E-state index contributed by atoms with van der Waals surface area (Å²) in [6, 6.07) is 3.71. The lowest BCUT2D eigenvalue weighted by Crippen LogP contribution is -2.35. The molecular weight excluding hydrogens is 486 g/mol. The second-order valence-electron chi connectivity index (χ2n) is 12.0. The van der Waals surface area contributed by atoms with Gasteiger partial charge in [0.1, 0.15) is 17.7 Å². The van der Waals surface area contributed by atoms with Gasteiger partial charge < -0.3 is 34.4 Å². The van der Waals surface area contributed by atoms with Crippen molar-refractivity contribution in [1.29, 1.82) is 0 Å². The van der Waals surface area contributed by atoms with Crippen LogP contribution in [-0.2, 0) is 9.47 Å². The van der Waals surface area contributed by atoms with Crippen LogP contribution in [0.1, 0.15) is 52.4 Å². The van der Waals surface area contributed by atoms with Gasteiger partial charge in [-0.15, -0.1) is 0 Å². The fourth-order valence-electron chi connectivity index (χ4n) is 5.38. The first-order valence-electron chi connectivity index (χ1n) is 13.2. The number of hydrogen-bond donors (Lipinski definition) is 3. The number of methoxy groups -OCH3 is 1. The van der Waals surface area contributed by atoms with Crippen molar-refractivity contribution in [3.8, 4) is 17.2 Å². The number of aliphatic hydroxyl groups is 1. The van der Waals surface area contributed by atoms with Gasteiger partial charge in [0.25, 0.3) is 0 Å². The number of pyridine rings is 1. The summed E-state index contributed by atoms with van der Waals surface area (Å²) in [7, 11) is 1.60. The Kier molecular flexibility index (Phi) is 6.77. The second kappa shape index (κ2) is 9.66. The Morgan fingerprint density at radius 1 is 1.08 bits per heavy atom. The van der Waals surface area contributed by atoms with Gasteiger partial charge in [-0.05, 0) is 45.6 Å². The SMILES string of the molecule is COc1cc2cc(-c3c(C)nc(NCC(C)(C)C)nc3N[C@@H]3C[C@H](CO)[C@H]4OC(C)(C)O[C@H]43)oc2c(C)n1. The molecule has 0 amide bonds. The van der Waals surface area contributed by atoms with E-state index in [9.17, 15) is 5.11 Å². The van der Waals surface area contributed by atoms with E-state index in [1.807, 2.05) is 39.8 Å². The van der Waals surface area contributed by atoms with E-state index >= 15 is 0 Å². The standard InChI is InChI=1S/C28H39N5O5/c1-14-21(19-10-16-11-20(35-8)30-15(2)22(16)36-19)25(33-26(31-14)29-13-27(3,4)5)32-18-9-17(12-34)23-24(18)38-28(6,7)37-23/h10-11,17-18,23-24,34H,9,12-13H2,1-8H3,(H2,29,31,32,33)/t17-,18-,23-,24+/m1/s1. The molecule has 10 nitrogen and oxygen atoms in total. The van der Waals surface area contributed by atoms with Crippen LogP contribution in [0.4, 0.5) is 11.8 Å². The molecule has 0 bridgehead atoms. The van der Waals surface area contributed by atoms with E-state index < -0.39 is 5.79 Å². The number of aliphatic hydroxyl groups excluding tert-OH is 1. The van der Waals surface area contributed by atoms with E-state index in [0.717, 1.165) is 22.3 Å². The van der Waals surface area contributed by atoms with Crippen LogP contribution >= 0.6 is 0 Å². The van der Waals surface area contributed by atoms with Crippen LogP contribution in [0.2, 0.25) is 0 Å². The monoisotopic (exact) mass is 525 g/mol. The average Bonchev–Trinajstić information content (AvgIpc) is 3.48. The number of ether oxygens (including phenoxy) is 3. The van der Waals surface area contributed by atoms with Gasteiger partial charge in [-0.1, -0.05) is 20.8 Å². The molecule has 5 rings (SSSR count). The van der Waals surface area contributed by atoms with E-state index in [1.165, 1.54) is 0 Å². The van der Waals surface area contributed by atoms with Crippen molar-refractivity contribution >= 4 is 22.7 Å². The zero-order valence-electron chi connectivity index (χ0n) is 23.5. The molecule has 2 aliphatic rings. The first kappa shape index (κ1) is 26.6. The van der Waals surface area contributed by atoms with Crippen LogP contribution in [0.25, 0.3) is 22.3 Å². The third-order valence-electron chi connectivity index (χ3n) is 7.11. The lowest BCUT2D eigenvalue weighted by Gasteiger charge is -2.25. The maximum absolute atomic E-state index is 10.1. The van der Waals surface area contributed by atoms with Gasteiger partial charge >= 0.3 is 0 Å². The highest BCUT2D eigenvalue weighted by molar-refractivity contribution is 5.88. The quantitative estimate of drug-likeness (QED) is 0.400. The summed E-state index contributed by atoms with van der Waals surface area (Å²) >= 11 is 0. The largest absolute Gasteiger partial charge is 0.481 e. The molecule has 1 aliphatic heterocycles. The summed E-state index contributed by atoms with van der Waals surface area (Å²) < 4.78 is 24.1. The molecule has 1 saturated heterocycles. The number of nitrogens with zero attached hydrogens (tertiary/aromatic N) is 3. The van der Waals surface area contributed by atoms with Crippen LogP contribution in [0.15, 0.2) is 16.5 Å². The molecular formula is C28H39N5O5. The number of aromatic nitrogens is 3. The molecule has 3 aromatic heterocycles. The van der Waals surface area contributed by atoms with Crippen molar-refractivity contribution in [3.63, 3.8) is 0 Å². The molecule has 2 fully saturated rings. The average molecular weight is 526 g/mol. The third-order valence-corrected chi connectivity index (χ3v) is 7.11. The number of anilines is 2. The van der Waals surface area contributed by atoms with Crippen LogP contribution in [0.5, 0.6) is 5.88 Å². The summed E-state index contributed by atoms with van der Waals surface area (Å²) in [5, 5.41) is 18.0. The number of fused-ring (bicyclic) bond motifs is 2. The highest BCUT2D eigenvalue weighted by Crippen LogP contribution is 2.44. The molecule has 38 heavy (non-hydrogen) atoms. The minimum Gasteiger partial charge on any atom is -0.481 e. The zero-order chi connectivity index (χ0) is 27.4. The highest BCUT2D eigenvalue weighted by Gasteiger charge is 2.54. The molecule has 4 atom stereocenters. The van der Waals surface area contributed by atoms with Gasteiger partial charge in [0.15, 0.2) is 11.4 Å². The third kappa shape index (κ3) is 5.17. The summed E-state index contributed by atoms with van der Waals surface area (Å²) in [5.41, 5.74) is 3.03. The van der Waals surface area contributed by atoms with Crippen LogP contribution in [0, 0.1) is 25.2 Å². The predicted molar refractivity (Wildman–Crippen MR) is 145 cm³/mol. The van der Waals surface area contributed by atoms with Crippen LogP contribution in [0.3, 0.4) is 0 Å². The Bertz CT molecular complexity index is 1330. The summed E-state index contributed by atoms with van der Waals surface area (Å²) in [6.07, 6.45) is 0.280. The Balaban J connectivity index is 1.57. The number of nitrogens with one attached hydrogen (secondary N) is 2. The van der Waals surface area contributed by atoms with E-state index in [2.05, 4.69) is 36.4 Å². The maximum Gasteiger partial charge on any atom is 0.224 e. The molecule has 0 spiro atoms. The minimum atomic E-state index is -0.713. The Labute approximate surface area is 223 Å². The van der Waals surface area contributed by atoms with Crippen molar-refractivity contribution in [2.45, 2.75) is 78.9 Å². The fraction of sp³-hybridized carbons (Fsp3) is 0.607. The molecule has 0 radical (unpaired) electrons. The van der Waals surface area contributed by atoms with Gasteiger partial charge in [-0.2, -0.15) is 4.98 Å². The lowest BCUT2D eigenvalue weighted by atomic mass is 9.97. The normalized spacial score (nSPS) is 24.6. The first-order valence-corrected chi connectivity index (χ1v) is 13.2. The zero-order valence-corrected chi connectivity index (χ0v) is 23.5. The van der Waals surface area contributed by atoms with E-state index in [-0.39, 0.29) is 36.2 Å². The molecule has 1 aliphatic carbocycles. The molecule has 10 heteroatoms. The van der Waals surface area contributed by atoms with Gasteiger partial charge in [-0.3, -0.25) is 0 Å². The topological polar surface area (TPSA) is 124 Å². The predicted octanol–water partition coefficient (Wildman–Crippen LogP) is 4.68. The van der Waals surface area contributed by atoms with Crippen LogP contribution in [-0.4, -0.2) is 64.4 Å². The second-order valence-corrected chi connectivity index (χ2v) is 12.0. The molecule has 3 aromatic rings. The number of hydrogen-bond acceptors (Lipinski definition) is 10. The molecule has 0 aromatic carbocycles. The fourth-order valence-corrected chi connectivity index (χ4v) is 5.38. The molecule has 1 saturated carbocycles. The van der Waals surface area contributed by atoms with E-state index in [4.69, 9.17) is 28.6 Å². The smallest absolute Gasteiger partial charge is 0.224 e.